The third-order valence-corrected chi connectivity index (χ3v) is 8.38. The zero-order chi connectivity index (χ0) is 33.6. The lowest BCUT2D eigenvalue weighted by Crippen LogP contribution is -2.43. The van der Waals surface area contributed by atoms with Gasteiger partial charge in [-0.3, -0.25) is 0 Å². The minimum Gasteiger partial charge on any atom is -0.489 e. The SMILES string of the molecule is O=Nc1cc(N2CCC(O)(c3ccc(OCc4c(-c5ccccc5OC(F)(F)F)noc4C4CC4)cc3Cl)CC2)nc(C(F)(F)F)c1. The highest BCUT2D eigenvalue weighted by molar-refractivity contribution is 6.31. The van der Waals surface area contributed by atoms with Gasteiger partial charge < -0.3 is 24.0 Å². The van der Waals surface area contributed by atoms with E-state index in [1.807, 2.05) is 0 Å². The maximum Gasteiger partial charge on any atom is 0.573 e. The number of anilines is 1. The van der Waals surface area contributed by atoms with Gasteiger partial charge in [0, 0.05) is 36.2 Å². The van der Waals surface area contributed by atoms with Crippen molar-refractivity contribution in [3.8, 4) is 22.8 Å². The van der Waals surface area contributed by atoms with Gasteiger partial charge in [-0.2, -0.15) is 13.2 Å². The summed E-state index contributed by atoms with van der Waals surface area (Å²) in [6, 6.07) is 12.0. The number of ether oxygens (including phenoxy) is 2. The van der Waals surface area contributed by atoms with Crippen LogP contribution in [0.5, 0.6) is 11.5 Å². The molecule has 1 saturated heterocycles. The fourth-order valence-corrected chi connectivity index (χ4v) is 5.92. The molecule has 1 saturated carbocycles. The highest BCUT2D eigenvalue weighted by Gasteiger charge is 2.39. The monoisotopic (exact) mass is 682 g/mol. The zero-order valence-corrected chi connectivity index (χ0v) is 25.0. The Labute approximate surface area is 268 Å². The van der Waals surface area contributed by atoms with Crippen LogP contribution in [-0.4, -0.2) is 34.7 Å². The van der Waals surface area contributed by atoms with Gasteiger partial charge in [0.2, 0.25) is 0 Å². The van der Waals surface area contributed by atoms with Crippen LogP contribution in [-0.2, 0) is 18.4 Å². The molecule has 47 heavy (non-hydrogen) atoms. The van der Waals surface area contributed by atoms with Crippen LogP contribution in [0.2, 0.25) is 5.02 Å². The summed E-state index contributed by atoms with van der Waals surface area (Å²) in [6.07, 6.45) is -7.85. The molecule has 2 aromatic carbocycles. The Morgan fingerprint density at radius 3 is 2.40 bits per heavy atom. The van der Waals surface area contributed by atoms with E-state index in [1.165, 1.54) is 29.2 Å². The Hall–Kier alpha value is -4.37. The third kappa shape index (κ3) is 7.15. The molecule has 6 rings (SSSR count). The number of hydrogen-bond acceptors (Lipinski definition) is 9. The number of aromatic nitrogens is 2. The molecule has 0 radical (unpaired) electrons. The summed E-state index contributed by atoms with van der Waals surface area (Å²) in [7, 11) is 0. The summed E-state index contributed by atoms with van der Waals surface area (Å²) in [6.45, 7) is 0.108. The quantitative estimate of drug-likeness (QED) is 0.138. The van der Waals surface area contributed by atoms with Crippen molar-refractivity contribution in [1.29, 1.82) is 0 Å². The van der Waals surface area contributed by atoms with Crippen molar-refractivity contribution in [2.45, 2.75) is 56.3 Å². The zero-order valence-electron chi connectivity index (χ0n) is 24.2. The van der Waals surface area contributed by atoms with Crippen molar-refractivity contribution < 1.29 is 45.4 Å². The molecule has 1 aliphatic heterocycles. The average molecular weight is 683 g/mol. The average Bonchev–Trinajstić information content (AvgIpc) is 3.78. The van der Waals surface area contributed by atoms with Crippen LogP contribution in [0.1, 0.15) is 54.2 Å². The first-order valence-corrected chi connectivity index (χ1v) is 14.8. The molecule has 0 spiro atoms. The van der Waals surface area contributed by atoms with Crippen LogP contribution < -0.4 is 14.4 Å². The first-order valence-electron chi connectivity index (χ1n) is 14.4. The third-order valence-electron chi connectivity index (χ3n) is 8.07. The number of benzene rings is 2. The molecule has 0 bridgehead atoms. The summed E-state index contributed by atoms with van der Waals surface area (Å²) in [4.78, 5) is 16.2. The van der Waals surface area contributed by atoms with Gasteiger partial charge in [0.25, 0.3) is 0 Å². The van der Waals surface area contributed by atoms with E-state index in [0.717, 1.165) is 18.9 Å². The Balaban J connectivity index is 1.18. The van der Waals surface area contributed by atoms with Crippen molar-refractivity contribution in [3.05, 3.63) is 87.1 Å². The second-order valence-electron chi connectivity index (χ2n) is 11.3. The largest absolute Gasteiger partial charge is 0.573 e. The first-order chi connectivity index (χ1) is 22.2. The summed E-state index contributed by atoms with van der Waals surface area (Å²) >= 11 is 6.59. The number of hydrogen-bond donors (Lipinski definition) is 1. The van der Waals surface area contributed by atoms with Crippen molar-refractivity contribution in [3.63, 3.8) is 0 Å². The van der Waals surface area contributed by atoms with Crippen molar-refractivity contribution in [2.24, 2.45) is 5.18 Å². The van der Waals surface area contributed by atoms with E-state index in [0.29, 0.717) is 28.7 Å². The molecule has 0 amide bonds. The minimum absolute atomic E-state index is 0.0593. The Kier molecular flexibility index (Phi) is 8.55. The lowest BCUT2D eigenvalue weighted by atomic mass is 9.84. The fourth-order valence-electron chi connectivity index (χ4n) is 5.57. The molecule has 2 aliphatic rings. The number of pyridine rings is 1. The summed E-state index contributed by atoms with van der Waals surface area (Å²) in [5, 5.41) is 18.3. The standard InChI is InChI=1S/C31H25ClF6N4O5/c32-23-15-19(45-16-21-27(41-47-28(21)17-5-6-17)20-3-1-2-4-24(20)46-31(36,37)38)7-8-22(23)29(43)9-11-42(12-10-29)26-14-18(40-44)13-25(39-26)30(33,34)35/h1-4,7-8,13-15,17,43H,5-6,9-12,16H2. The van der Waals surface area contributed by atoms with Gasteiger partial charge in [-0.25, -0.2) is 4.98 Å². The summed E-state index contributed by atoms with van der Waals surface area (Å²) in [5.41, 5.74) is -2.01. The van der Waals surface area contributed by atoms with E-state index in [-0.39, 0.29) is 60.6 Å². The number of nitrogens with zero attached hydrogens (tertiary/aromatic N) is 4. The topological polar surface area (TPSA) is 110 Å². The Bertz CT molecular complexity index is 1780. The molecule has 2 aromatic heterocycles. The number of alkyl halides is 6. The molecule has 2 fully saturated rings. The molecule has 248 valence electrons. The number of piperidine rings is 1. The van der Waals surface area contributed by atoms with Gasteiger partial charge in [0.1, 0.15) is 46.8 Å². The highest BCUT2D eigenvalue weighted by Crippen LogP contribution is 2.46. The van der Waals surface area contributed by atoms with Gasteiger partial charge in [0.05, 0.1) is 16.2 Å². The molecule has 4 aromatic rings. The van der Waals surface area contributed by atoms with Crippen LogP contribution >= 0.6 is 11.6 Å². The smallest absolute Gasteiger partial charge is 0.489 e. The second-order valence-corrected chi connectivity index (χ2v) is 11.7. The molecule has 1 N–H and O–H groups in total. The van der Waals surface area contributed by atoms with Crippen LogP contribution in [0.3, 0.4) is 0 Å². The first kappa shape index (κ1) is 32.6. The second kappa shape index (κ2) is 12.3. The van der Waals surface area contributed by atoms with E-state index < -0.39 is 35.3 Å². The van der Waals surface area contributed by atoms with Crippen molar-refractivity contribution in [2.75, 3.05) is 18.0 Å². The van der Waals surface area contributed by atoms with Crippen LogP contribution in [0.25, 0.3) is 11.3 Å². The van der Waals surface area contributed by atoms with Crippen molar-refractivity contribution in [1.82, 2.24) is 10.1 Å². The molecule has 16 heteroatoms. The number of para-hydroxylation sites is 1. The predicted octanol–water partition coefficient (Wildman–Crippen LogP) is 8.65. The molecule has 0 atom stereocenters. The molecule has 3 heterocycles. The lowest BCUT2D eigenvalue weighted by Gasteiger charge is -2.39. The van der Waals surface area contributed by atoms with E-state index in [9.17, 15) is 36.4 Å². The number of halogens is 7. The van der Waals surface area contributed by atoms with Gasteiger partial charge >= 0.3 is 12.5 Å². The number of nitroso groups, excluding NO2 is 1. The fraction of sp³-hybridized carbons (Fsp3) is 0.355. The van der Waals surface area contributed by atoms with Gasteiger partial charge in [-0.05, 0) is 61.2 Å². The number of aliphatic hydroxyl groups is 1. The maximum atomic E-state index is 13.3. The van der Waals surface area contributed by atoms with Gasteiger partial charge in [-0.15, -0.1) is 18.1 Å². The van der Waals surface area contributed by atoms with Crippen LogP contribution in [0, 0.1) is 4.91 Å². The Morgan fingerprint density at radius 1 is 1.04 bits per heavy atom. The molecule has 1 aliphatic carbocycles. The molecule has 9 nitrogen and oxygen atoms in total. The number of rotatable bonds is 9. The van der Waals surface area contributed by atoms with Gasteiger partial charge in [0.15, 0.2) is 0 Å². The van der Waals surface area contributed by atoms with Crippen LogP contribution in [0.4, 0.5) is 37.8 Å². The normalized spacial score (nSPS) is 16.6. The summed E-state index contributed by atoms with van der Waals surface area (Å²) in [5.74, 6) is 0.349. The minimum atomic E-state index is -4.92. The Morgan fingerprint density at radius 2 is 1.77 bits per heavy atom. The van der Waals surface area contributed by atoms with E-state index in [2.05, 4.69) is 20.1 Å². The lowest BCUT2D eigenvalue weighted by molar-refractivity contribution is -0.274. The predicted molar refractivity (Wildman–Crippen MR) is 156 cm³/mol. The van der Waals surface area contributed by atoms with Crippen LogP contribution in [0.15, 0.2) is 64.3 Å². The molecular weight excluding hydrogens is 658 g/mol. The molecular formula is C31H25ClF6N4O5. The maximum absolute atomic E-state index is 13.3. The van der Waals surface area contributed by atoms with E-state index in [1.54, 1.807) is 18.2 Å². The van der Waals surface area contributed by atoms with E-state index >= 15 is 0 Å². The van der Waals surface area contributed by atoms with Gasteiger partial charge in [-0.1, -0.05) is 35.0 Å². The molecule has 0 unspecified atom stereocenters. The summed E-state index contributed by atoms with van der Waals surface area (Å²) < 4.78 is 94.9. The van der Waals surface area contributed by atoms with Crippen molar-refractivity contribution >= 4 is 23.1 Å². The highest BCUT2D eigenvalue weighted by atomic mass is 35.5. The van der Waals surface area contributed by atoms with E-state index in [4.69, 9.17) is 20.9 Å².